The van der Waals surface area contributed by atoms with Crippen molar-refractivity contribution in [3.8, 4) is 11.3 Å². The van der Waals surface area contributed by atoms with Crippen LogP contribution >= 0.6 is 0 Å². The third kappa shape index (κ3) is 4.49. The van der Waals surface area contributed by atoms with Crippen molar-refractivity contribution in [3.63, 3.8) is 0 Å². The molecule has 1 saturated heterocycles. The van der Waals surface area contributed by atoms with Gasteiger partial charge in [0.2, 0.25) is 0 Å². The number of benzene rings is 1. The third-order valence-electron chi connectivity index (χ3n) is 6.93. The minimum atomic E-state index is -0.967. The van der Waals surface area contributed by atoms with Crippen LogP contribution in [0.15, 0.2) is 36.5 Å². The van der Waals surface area contributed by atoms with E-state index in [0.717, 1.165) is 42.4 Å². The minimum absolute atomic E-state index is 0.0237. The van der Waals surface area contributed by atoms with Crippen LogP contribution in [0.3, 0.4) is 0 Å². The molecule has 3 aromatic rings. The molecule has 0 amide bonds. The van der Waals surface area contributed by atoms with E-state index < -0.39 is 40.6 Å². The second-order valence-corrected chi connectivity index (χ2v) is 9.78. The van der Waals surface area contributed by atoms with E-state index in [1.807, 2.05) is 0 Å². The Hall–Kier alpha value is -3.30. The number of nitrogens with zero attached hydrogens (tertiary/aromatic N) is 3. The van der Waals surface area contributed by atoms with Gasteiger partial charge in [0.25, 0.3) is 0 Å². The van der Waals surface area contributed by atoms with Crippen molar-refractivity contribution in [2.75, 3.05) is 18.0 Å². The largest absolute Gasteiger partial charge is 0.387 e. The van der Waals surface area contributed by atoms with Gasteiger partial charge >= 0.3 is 0 Å². The van der Waals surface area contributed by atoms with Gasteiger partial charge in [0.05, 0.1) is 17.4 Å². The molecule has 188 valence electrons. The van der Waals surface area contributed by atoms with Crippen molar-refractivity contribution in [3.05, 3.63) is 76.5 Å². The lowest BCUT2D eigenvalue weighted by Gasteiger charge is -2.38. The van der Waals surface area contributed by atoms with Gasteiger partial charge in [-0.1, -0.05) is 13.0 Å². The van der Waals surface area contributed by atoms with Crippen molar-refractivity contribution in [1.29, 1.82) is 0 Å². The Bertz CT molecular complexity index is 1300. The Morgan fingerprint density at radius 3 is 2.61 bits per heavy atom. The number of hydrogen-bond acceptors (Lipinski definition) is 6. The Balaban J connectivity index is 1.52. The summed E-state index contributed by atoms with van der Waals surface area (Å²) in [6.07, 6.45) is 2.92. The topological polar surface area (TPSA) is 92.3 Å². The Kier molecular flexibility index (Phi) is 6.53. The van der Waals surface area contributed by atoms with E-state index in [-0.39, 0.29) is 18.2 Å². The van der Waals surface area contributed by atoms with Gasteiger partial charge in [-0.05, 0) is 49.4 Å². The molecule has 2 aliphatic rings. The summed E-state index contributed by atoms with van der Waals surface area (Å²) in [5.74, 6) is -2.95. The van der Waals surface area contributed by atoms with Crippen molar-refractivity contribution in [1.82, 2.24) is 9.97 Å². The van der Waals surface area contributed by atoms with Crippen LogP contribution in [0.2, 0.25) is 0 Å². The molecule has 3 heterocycles. The second kappa shape index (κ2) is 9.63. The molecule has 0 bridgehead atoms. The Morgan fingerprint density at radius 2 is 1.89 bits per heavy atom. The van der Waals surface area contributed by atoms with E-state index >= 15 is 0 Å². The number of hydrogen-bond donors (Lipinski definition) is 2. The molecule has 1 aromatic carbocycles. The first-order chi connectivity index (χ1) is 17.2. The number of halogens is 3. The average Bonchev–Trinajstić information content (AvgIpc) is 3.19. The molecule has 2 aromatic heterocycles. The highest BCUT2D eigenvalue weighted by Crippen LogP contribution is 2.40. The lowest BCUT2D eigenvalue weighted by atomic mass is 9.93. The number of aromatic nitrogens is 2. The number of fused-ring (bicyclic) bond motifs is 1. The molecule has 5 rings (SSSR count). The summed E-state index contributed by atoms with van der Waals surface area (Å²) in [7, 11) is 0. The molecule has 0 radical (unpaired) electrons. The lowest BCUT2D eigenvalue weighted by molar-refractivity contribution is 0.0988. The lowest BCUT2D eigenvalue weighted by Crippen LogP contribution is -2.47. The quantitative estimate of drug-likeness (QED) is 0.516. The van der Waals surface area contributed by atoms with Crippen LogP contribution in [-0.2, 0) is 12.8 Å². The Morgan fingerprint density at radius 1 is 1.14 bits per heavy atom. The summed E-state index contributed by atoms with van der Waals surface area (Å²) in [5, 5.41) is 10.4. The number of anilines is 1. The number of carbonyl (C=O) groups is 1. The van der Waals surface area contributed by atoms with Gasteiger partial charge in [0.15, 0.2) is 5.78 Å². The van der Waals surface area contributed by atoms with Crippen molar-refractivity contribution in [2.45, 2.75) is 44.8 Å². The molecule has 0 saturated carbocycles. The number of piperidine rings is 1. The SMILES string of the molecule is C[C@@H]1C[C@H](N)CN(c2c(CC(=O)c3ccc(F)c(-c4c(F)cccc4F)n3)cnc3c2CCC3O)C1. The fourth-order valence-corrected chi connectivity index (χ4v) is 5.42. The Labute approximate surface area is 207 Å². The van der Waals surface area contributed by atoms with Crippen LogP contribution in [0.5, 0.6) is 0 Å². The molecule has 9 heteroatoms. The van der Waals surface area contributed by atoms with Gasteiger partial charge in [-0.3, -0.25) is 9.78 Å². The van der Waals surface area contributed by atoms with Crippen LogP contribution in [-0.4, -0.2) is 40.0 Å². The van der Waals surface area contributed by atoms with Crippen LogP contribution in [0.4, 0.5) is 18.9 Å². The van der Waals surface area contributed by atoms with E-state index in [0.29, 0.717) is 36.6 Å². The van der Waals surface area contributed by atoms with Gasteiger partial charge in [0, 0.05) is 48.6 Å². The van der Waals surface area contributed by atoms with Gasteiger partial charge < -0.3 is 15.7 Å². The molecule has 0 spiro atoms. The van der Waals surface area contributed by atoms with E-state index in [2.05, 4.69) is 21.8 Å². The first-order valence-electron chi connectivity index (χ1n) is 12.1. The maximum absolute atomic E-state index is 14.5. The summed E-state index contributed by atoms with van der Waals surface area (Å²) in [6, 6.07) is 5.37. The molecule has 3 N–H and O–H groups in total. The van der Waals surface area contributed by atoms with E-state index in [4.69, 9.17) is 5.73 Å². The highest BCUT2D eigenvalue weighted by Gasteiger charge is 2.32. The van der Waals surface area contributed by atoms with Crippen LogP contribution < -0.4 is 10.6 Å². The number of nitrogens with two attached hydrogens (primary N) is 1. The standard InChI is InChI=1S/C27H27F3N4O2/c1-14-9-16(31)13-34(12-14)27-15(11-32-25-17(27)5-8-22(25)35)10-23(36)21-7-6-20(30)26(33-21)24-18(28)3-2-4-19(24)29/h2-4,6-7,11,14,16,22,35H,5,8-10,12-13,31H2,1H3/t14-,16+,22?/m1/s1. The zero-order valence-electron chi connectivity index (χ0n) is 19.8. The molecule has 1 fully saturated rings. The number of carbonyl (C=O) groups excluding carboxylic acids is 1. The zero-order chi connectivity index (χ0) is 25.6. The van der Waals surface area contributed by atoms with Gasteiger partial charge in [-0.2, -0.15) is 0 Å². The number of Topliss-reactive ketones (excluding diaryl/α,β-unsaturated/α-hetero) is 1. The van der Waals surface area contributed by atoms with Crippen LogP contribution in [0.25, 0.3) is 11.3 Å². The maximum atomic E-state index is 14.5. The summed E-state index contributed by atoms with van der Waals surface area (Å²) in [4.78, 5) is 23.9. The maximum Gasteiger partial charge on any atom is 0.185 e. The molecule has 6 nitrogen and oxygen atoms in total. The normalized spacial score (nSPS) is 21.5. The molecule has 36 heavy (non-hydrogen) atoms. The van der Waals surface area contributed by atoms with Crippen LogP contribution in [0, 0.1) is 23.4 Å². The molecule has 1 aliphatic heterocycles. The van der Waals surface area contributed by atoms with Gasteiger partial charge in [0.1, 0.15) is 28.8 Å². The van der Waals surface area contributed by atoms with Crippen molar-refractivity contribution in [2.24, 2.45) is 11.7 Å². The molecule has 1 aliphatic carbocycles. The molecule has 3 atom stereocenters. The number of pyridine rings is 2. The molecule has 1 unspecified atom stereocenters. The molecular weight excluding hydrogens is 469 g/mol. The number of rotatable bonds is 5. The minimum Gasteiger partial charge on any atom is -0.387 e. The fraction of sp³-hybridized carbons (Fsp3) is 0.370. The summed E-state index contributed by atoms with van der Waals surface area (Å²) in [5.41, 5.74) is 8.06. The number of aliphatic hydroxyl groups is 1. The highest BCUT2D eigenvalue weighted by molar-refractivity contribution is 5.97. The monoisotopic (exact) mass is 496 g/mol. The van der Waals surface area contributed by atoms with Gasteiger partial charge in [-0.15, -0.1) is 0 Å². The summed E-state index contributed by atoms with van der Waals surface area (Å²) < 4.78 is 43.1. The third-order valence-corrected chi connectivity index (χ3v) is 6.93. The zero-order valence-corrected chi connectivity index (χ0v) is 19.8. The van der Waals surface area contributed by atoms with Crippen molar-refractivity contribution >= 4 is 11.5 Å². The predicted octanol–water partition coefficient (Wildman–Crippen LogP) is 4.14. The van der Waals surface area contributed by atoms with E-state index in [1.54, 1.807) is 6.20 Å². The second-order valence-electron chi connectivity index (χ2n) is 9.78. The summed E-state index contributed by atoms with van der Waals surface area (Å²) in [6.45, 7) is 3.50. The smallest absolute Gasteiger partial charge is 0.185 e. The van der Waals surface area contributed by atoms with Gasteiger partial charge in [-0.25, -0.2) is 18.2 Å². The predicted molar refractivity (Wildman–Crippen MR) is 129 cm³/mol. The van der Waals surface area contributed by atoms with E-state index in [9.17, 15) is 23.1 Å². The first kappa shape index (κ1) is 24.4. The highest BCUT2D eigenvalue weighted by atomic mass is 19.1. The first-order valence-corrected chi connectivity index (χ1v) is 12.1. The number of ketones is 1. The van der Waals surface area contributed by atoms with Crippen LogP contribution in [0.1, 0.15) is 53.2 Å². The van der Waals surface area contributed by atoms with Crippen molar-refractivity contribution < 1.29 is 23.1 Å². The molecular formula is C27H27F3N4O2. The van der Waals surface area contributed by atoms with E-state index in [1.165, 1.54) is 12.1 Å². The fourth-order valence-electron chi connectivity index (χ4n) is 5.42. The number of aliphatic hydroxyl groups excluding tert-OH is 1. The summed E-state index contributed by atoms with van der Waals surface area (Å²) >= 11 is 0. The average molecular weight is 497 g/mol.